The molecule has 2 nitrogen and oxygen atoms in total. The fraction of sp³-hybridized carbons (Fsp3) is 0.455. The van der Waals surface area contributed by atoms with Crippen LogP contribution in [-0.4, -0.2) is 19.6 Å². The van der Waals surface area contributed by atoms with Gasteiger partial charge in [-0.15, -0.1) is 0 Å². The summed E-state index contributed by atoms with van der Waals surface area (Å²) in [6.07, 6.45) is -2.35. The van der Waals surface area contributed by atoms with Crippen molar-refractivity contribution in [2.45, 2.75) is 25.9 Å². The van der Waals surface area contributed by atoms with Crippen molar-refractivity contribution in [2.24, 2.45) is 0 Å². The third kappa shape index (κ3) is 3.47. The van der Waals surface area contributed by atoms with Crippen LogP contribution in [0.15, 0.2) is 24.3 Å². The Morgan fingerprint density at radius 2 is 2.00 bits per heavy atom. The molecule has 1 atom stereocenters. The van der Waals surface area contributed by atoms with E-state index in [-0.39, 0.29) is 0 Å². The summed E-state index contributed by atoms with van der Waals surface area (Å²) in [4.78, 5) is 0. The molecule has 1 aromatic carbocycles. The topological polar surface area (TPSA) is 21.3 Å². The molecular formula is C11H15F2NO. The van der Waals surface area contributed by atoms with Crippen molar-refractivity contribution in [2.75, 3.05) is 7.11 Å². The number of benzene rings is 1. The van der Waals surface area contributed by atoms with Gasteiger partial charge in [0.2, 0.25) is 0 Å². The molecule has 0 bridgehead atoms. The standard InChI is InChI=1S/C11H15F2NO/c1-8(11(12)13)14-7-9-5-3-4-6-10(9)15-2/h3-6,8,11,14H,7H2,1-2H3. The number of nitrogens with one attached hydrogen (secondary N) is 1. The fourth-order valence-corrected chi connectivity index (χ4v) is 1.21. The van der Waals surface area contributed by atoms with Crippen molar-refractivity contribution in [1.29, 1.82) is 0 Å². The summed E-state index contributed by atoms with van der Waals surface area (Å²) in [5.41, 5.74) is 0.882. The van der Waals surface area contributed by atoms with Crippen molar-refractivity contribution >= 4 is 0 Å². The van der Waals surface area contributed by atoms with Gasteiger partial charge < -0.3 is 10.1 Å². The van der Waals surface area contributed by atoms with Crippen LogP contribution in [0.1, 0.15) is 12.5 Å². The predicted octanol–water partition coefficient (Wildman–Crippen LogP) is 2.44. The van der Waals surface area contributed by atoms with Crippen LogP contribution in [-0.2, 0) is 6.54 Å². The van der Waals surface area contributed by atoms with E-state index in [1.54, 1.807) is 7.11 Å². The summed E-state index contributed by atoms with van der Waals surface area (Å²) in [5, 5.41) is 2.74. The number of halogens is 2. The Labute approximate surface area is 88.3 Å². The molecular weight excluding hydrogens is 200 g/mol. The zero-order chi connectivity index (χ0) is 11.3. The first-order chi connectivity index (χ1) is 7.15. The SMILES string of the molecule is COc1ccccc1CNC(C)C(F)F. The maximum Gasteiger partial charge on any atom is 0.253 e. The van der Waals surface area contributed by atoms with Crippen LogP contribution >= 0.6 is 0 Å². The van der Waals surface area contributed by atoms with Gasteiger partial charge in [0.15, 0.2) is 0 Å². The quantitative estimate of drug-likeness (QED) is 0.814. The summed E-state index contributed by atoms with van der Waals surface area (Å²) < 4.78 is 29.6. The molecule has 0 radical (unpaired) electrons. The summed E-state index contributed by atoms with van der Waals surface area (Å²) in [6.45, 7) is 1.84. The molecule has 0 saturated heterocycles. The molecule has 1 N–H and O–H groups in total. The van der Waals surface area contributed by atoms with Gasteiger partial charge in [0.05, 0.1) is 13.2 Å². The lowest BCUT2D eigenvalue weighted by molar-refractivity contribution is 0.105. The van der Waals surface area contributed by atoms with Gasteiger partial charge in [-0.3, -0.25) is 0 Å². The molecule has 1 rings (SSSR count). The predicted molar refractivity (Wildman–Crippen MR) is 55.3 cm³/mol. The molecule has 0 spiro atoms. The van der Waals surface area contributed by atoms with Gasteiger partial charge in [-0.05, 0) is 13.0 Å². The van der Waals surface area contributed by atoms with E-state index < -0.39 is 12.5 Å². The third-order valence-electron chi connectivity index (χ3n) is 2.18. The van der Waals surface area contributed by atoms with E-state index in [2.05, 4.69) is 5.32 Å². The summed E-state index contributed by atoms with van der Waals surface area (Å²) >= 11 is 0. The van der Waals surface area contributed by atoms with E-state index >= 15 is 0 Å². The first-order valence-corrected chi connectivity index (χ1v) is 4.78. The number of para-hydroxylation sites is 1. The summed E-state index contributed by atoms with van der Waals surface area (Å²) in [6, 6.07) is 6.55. The highest BCUT2D eigenvalue weighted by molar-refractivity contribution is 5.32. The van der Waals surface area contributed by atoms with E-state index in [9.17, 15) is 8.78 Å². The Balaban J connectivity index is 2.57. The van der Waals surface area contributed by atoms with Crippen molar-refractivity contribution in [3.63, 3.8) is 0 Å². The molecule has 4 heteroatoms. The zero-order valence-corrected chi connectivity index (χ0v) is 8.84. The van der Waals surface area contributed by atoms with Crippen LogP contribution in [0.2, 0.25) is 0 Å². The van der Waals surface area contributed by atoms with Gasteiger partial charge in [0.25, 0.3) is 6.43 Å². The van der Waals surface area contributed by atoms with Gasteiger partial charge in [-0.25, -0.2) is 8.78 Å². The van der Waals surface area contributed by atoms with E-state index in [1.807, 2.05) is 24.3 Å². The lowest BCUT2D eigenvalue weighted by atomic mass is 10.2. The maximum absolute atomic E-state index is 12.2. The Morgan fingerprint density at radius 1 is 1.33 bits per heavy atom. The van der Waals surface area contributed by atoms with Gasteiger partial charge in [-0.2, -0.15) is 0 Å². The van der Waals surface area contributed by atoms with Crippen LogP contribution < -0.4 is 10.1 Å². The summed E-state index contributed by atoms with van der Waals surface area (Å²) in [5.74, 6) is 0.714. The van der Waals surface area contributed by atoms with Crippen LogP contribution in [0.4, 0.5) is 8.78 Å². The highest BCUT2D eigenvalue weighted by Gasteiger charge is 2.13. The van der Waals surface area contributed by atoms with Crippen LogP contribution in [0.25, 0.3) is 0 Å². The van der Waals surface area contributed by atoms with Crippen molar-refractivity contribution in [3.05, 3.63) is 29.8 Å². The number of hydrogen-bond donors (Lipinski definition) is 1. The van der Waals surface area contributed by atoms with E-state index in [4.69, 9.17) is 4.74 Å². The second kappa shape index (κ2) is 5.66. The molecule has 0 aliphatic rings. The molecule has 0 fully saturated rings. The third-order valence-corrected chi connectivity index (χ3v) is 2.18. The van der Waals surface area contributed by atoms with Crippen molar-refractivity contribution in [1.82, 2.24) is 5.32 Å². The Morgan fingerprint density at radius 3 is 2.60 bits per heavy atom. The molecule has 15 heavy (non-hydrogen) atoms. The average molecular weight is 215 g/mol. The lowest BCUT2D eigenvalue weighted by Crippen LogP contribution is -2.32. The van der Waals surface area contributed by atoms with Crippen LogP contribution in [0, 0.1) is 0 Å². The van der Waals surface area contributed by atoms with Crippen molar-refractivity contribution in [3.8, 4) is 5.75 Å². The van der Waals surface area contributed by atoms with Crippen LogP contribution in [0.3, 0.4) is 0 Å². The Kier molecular flexibility index (Phi) is 4.49. The molecule has 0 aliphatic carbocycles. The lowest BCUT2D eigenvalue weighted by Gasteiger charge is -2.14. The van der Waals surface area contributed by atoms with Gasteiger partial charge in [0.1, 0.15) is 5.75 Å². The molecule has 0 aromatic heterocycles. The molecule has 84 valence electrons. The first-order valence-electron chi connectivity index (χ1n) is 4.78. The van der Waals surface area contributed by atoms with Crippen LogP contribution in [0.5, 0.6) is 5.75 Å². The maximum atomic E-state index is 12.2. The molecule has 1 aromatic rings. The Hall–Kier alpha value is -1.16. The first kappa shape index (κ1) is 11.9. The van der Waals surface area contributed by atoms with Crippen molar-refractivity contribution < 1.29 is 13.5 Å². The number of ether oxygens (including phenoxy) is 1. The smallest absolute Gasteiger partial charge is 0.253 e. The average Bonchev–Trinajstić information content (AvgIpc) is 2.26. The monoisotopic (exact) mass is 215 g/mol. The highest BCUT2D eigenvalue weighted by atomic mass is 19.3. The minimum absolute atomic E-state index is 0.384. The van der Waals surface area contributed by atoms with E-state index in [1.165, 1.54) is 6.92 Å². The zero-order valence-electron chi connectivity index (χ0n) is 8.84. The van der Waals surface area contributed by atoms with E-state index in [0.717, 1.165) is 5.56 Å². The fourth-order valence-electron chi connectivity index (χ4n) is 1.21. The second-order valence-electron chi connectivity index (χ2n) is 3.32. The number of rotatable bonds is 5. The molecule has 1 unspecified atom stereocenters. The van der Waals surface area contributed by atoms with Gasteiger partial charge in [-0.1, -0.05) is 18.2 Å². The largest absolute Gasteiger partial charge is 0.496 e. The highest BCUT2D eigenvalue weighted by Crippen LogP contribution is 2.17. The number of hydrogen-bond acceptors (Lipinski definition) is 2. The minimum Gasteiger partial charge on any atom is -0.496 e. The van der Waals surface area contributed by atoms with E-state index in [0.29, 0.717) is 12.3 Å². The molecule has 0 saturated carbocycles. The molecule has 0 aliphatic heterocycles. The van der Waals surface area contributed by atoms with Gasteiger partial charge in [0, 0.05) is 12.1 Å². The number of methoxy groups -OCH3 is 1. The normalized spacial score (nSPS) is 12.9. The summed E-state index contributed by atoms with van der Waals surface area (Å²) in [7, 11) is 1.56. The molecule has 0 amide bonds. The van der Waals surface area contributed by atoms with Gasteiger partial charge >= 0.3 is 0 Å². The minimum atomic E-state index is -2.35. The molecule has 0 heterocycles. The Bertz CT molecular complexity index is 304. The number of alkyl halides is 2. The second-order valence-corrected chi connectivity index (χ2v) is 3.32.